The lowest BCUT2D eigenvalue weighted by Crippen LogP contribution is -2.06. The summed E-state index contributed by atoms with van der Waals surface area (Å²) < 4.78 is 44.7. The monoisotopic (exact) mass is 240 g/mol. The highest BCUT2D eigenvalue weighted by Gasteiger charge is 2.21. The number of fused-ring (bicyclic) bond motifs is 1. The van der Waals surface area contributed by atoms with E-state index in [0.29, 0.717) is 0 Å². The Balaban J connectivity index is 2.85. The molecule has 0 saturated heterocycles. The maximum atomic E-state index is 13.5. The predicted octanol–water partition coefficient (Wildman–Crippen LogP) is 3.18. The van der Waals surface area contributed by atoms with Crippen LogP contribution in [-0.2, 0) is 4.79 Å². The third-order valence-electron chi connectivity index (χ3n) is 2.24. The summed E-state index contributed by atoms with van der Waals surface area (Å²) in [7, 11) is 0. The molecule has 0 amide bonds. The van der Waals surface area contributed by atoms with Gasteiger partial charge in [0.15, 0.2) is 17.4 Å². The van der Waals surface area contributed by atoms with Gasteiger partial charge in [-0.1, -0.05) is 24.3 Å². The van der Waals surface area contributed by atoms with E-state index in [1.165, 1.54) is 24.3 Å². The highest BCUT2D eigenvalue weighted by atomic mass is 19.2. The molecule has 0 aromatic heterocycles. The van der Waals surface area contributed by atoms with Crippen molar-refractivity contribution in [1.29, 1.82) is 0 Å². The Bertz CT molecular complexity index is 608. The number of hydrogen-bond donors (Lipinski definition) is 0. The summed E-state index contributed by atoms with van der Waals surface area (Å²) in [5.74, 6) is -5.85. The van der Waals surface area contributed by atoms with Gasteiger partial charge in [-0.3, -0.25) is 4.79 Å². The van der Waals surface area contributed by atoms with Crippen LogP contribution in [0.3, 0.4) is 0 Å². The Kier molecular flexibility index (Phi) is 2.75. The Morgan fingerprint density at radius 2 is 1.59 bits per heavy atom. The van der Waals surface area contributed by atoms with Crippen LogP contribution >= 0.6 is 0 Å². The van der Waals surface area contributed by atoms with Gasteiger partial charge < -0.3 is 4.74 Å². The number of rotatable bonds is 1. The van der Waals surface area contributed by atoms with E-state index in [1.54, 1.807) is 0 Å². The first-order valence-electron chi connectivity index (χ1n) is 4.76. The minimum atomic E-state index is -1.65. The summed E-state index contributed by atoms with van der Waals surface area (Å²) in [6, 6.07) is 5.60. The molecule has 88 valence electrons. The number of esters is 1. The Morgan fingerprint density at radius 1 is 1.00 bits per heavy atom. The molecule has 0 atom stereocenters. The summed E-state index contributed by atoms with van der Waals surface area (Å²) >= 11 is 0. The molecule has 2 aromatic rings. The molecule has 17 heavy (non-hydrogen) atoms. The third-order valence-corrected chi connectivity index (χ3v) is 2.24. The molecule has 0 fully saturated rings. The van der Waals surface area contributed by atoms with Crippen LogP contribution in [0.2, 0.25) is 0 Å². The first-order valence-corrected chi connectivity index (χ1v) is 4.76. The van der Waals surface area contributed by atoms with Gasteiger partial charge in [-0.2, -0.15) is 4.39 Å². The van der Waals surface area contributed by atoms with E-state index < -0.39 is 29.2 Å². The lowest BCUT2D eigenvalue weighted by molar-refractivity contribution is -0.132. The fraction of sp³-hybridized carbons (Fsp3) is 0.0833. The lowest BCUT2D eigenvalue weighted by atomic mass is 10.1. The summed E-state index contributed by atoms with van der Waals surface area (Å²) in [5, 5.41) is -0.123. The molecule has 2 nitrogen and oxygen atoms in total. The van der Waals surface area contributed by atoms with E-state index in [4.69, 9.17) is 0 Å². The molecule has 0 aliphatic rings. The van der Waals surface area contributed by atoms with Crippen LogP contribution in [0.5, 0.6) is 5.75 Å². The summed E-state index contributed by atoms with van der Waals surface area (Å²) in [6.45, 7) is 1.05. The molecule has 5 heteroatoms. The average molecular weight is 240 g/mol. The number of carbonyl (C=O) groups excluding carboxylic acids is 1. The normalized spacial score (nSPS) is 10.6. The molecule has 0 heterocycles. The van der Waals surface area contributed by atoms with E-state index in [1.807, 2.05) is 0 Å². The Labute approximate surface area is 94.6 Å². The van der Waals surface area contributed by atoms with Crippen LogP contribution in [0.1, 0.15) is 6.92 Å². The molecule has 2 rings (SSSR count). The topological polar surface area (TPSA) is 26.3 Å². The minimum Gasteiger partial charge on any atom is -0.423 e. The van der Waals surface area contributed by atoms with Gasteiger partial charge >= 0.3 is 5.97 Å². The van der Waals surface area contributed by atoms with Gasteiger partial charge in [-0.25, -0.2) is 8.78 Å². The molecule has 0 bridgehead atoms. The van der Waals surface area contributed by atoms with Crippen molar-refractivity contribution in [2.24, 2.45) is 0 Å². The van der Waals surface area contributed by atoms with Crippen molar-refractivity contribution < 1.29 is 22.7 Å². The van der Waals surface area contributed by atoms with Crippen LogP contribution in [0.25, 0.3) is 10.8 Å². The molecule has 0 N–H and O–H groups in total. The average Bonchev–Trinajstić information content (AvgIpc) is 2.31. The van der Waals surface area contributed by atoms with E-state index >= 15 is 0 Å². The highest BCUT2D eigenvalue weighted by molar-refractivity contribution is 5.91. The molecule has 0 aliphatic carbocycles. The van der Waals surface area contributed by atoms with Gasteiger partial charge in [0, 0.05) is 17.7 Å². The van der Waals surface area contributed by atoms with Crippen LogP contribution in [0.15, 0.2) is 24.3 Å². The second-order valence-electron chi connectivity index (χ2n) is 3.41. The molecule has 0 radical (unpaired) electrons. The molecule has 0 unspecified atom stereocenters. The third kappa shape index (κ3) is 1.84. The number of ether oxygens (including phenoxy) is 1. The maximum absolute atomic E-state index is 13.5. The molecule has 2 aromatic carbocycles. The van der Waals surface area contributed by atoms with E-state index in [2.05, 4.69) is 4.74 Å². The number of halogens is 3. The van der Waals surface area contributed by atoms with Crippen LogP contribution in [0.4, 0.5) is 13.2 Å². The quantitative estimate of drug-likeness (QED) is 0.434. The van der Waals surface area contributed by atoms with E-state index in [-0.39, 0.29) is 10.8 Å². The van der Waals surface area contributed by atoms with Gasteiger partial charge in [0.2, 0.25) is 5.82 Å². The Hall–Kier alpha value is -2.04. The van der Waals surface area contributed by atoms with Crippen molar-refractivity contribution in [3.8, 4) is 5.75 Å². The smallest absolute Gasteiger partial charge is 0.308 e. The maximum Gasteiger partial charge on any atom is 0.308 e. The fourth-order valence-corrected chi connectivity index (χ4v) is 1.55. The van der Waals surface area contributed by atoms with Gasteiger partial charge in [0.1, 0.15) is 0 Å². The lowest BCUT2D eigenvalue weighted by Gasteiger charge is -2.09. The highest BCUT2D eigenvalue weighted by Crippen LogP contribution is 2.33. The first-order chi connectivity index (χ1) is 8.02. The largest absolute Gasteiger partial charge is 0.423 e. The van der Waals surface area contributed by atoms with Crippen molar-refractivity contribution in [3.05, 3.63) is 41.7 Å². The van der Waals surface area contributed by atoms with Gasteiger partial charge in [0.05, 0.1) is 0 Å². The van der Waals surface area contributed by atoms with Gasteiger partial charge in [0.25, 0.3) is 0 Å². The fourth-order valence-electron chi connectivity index (χ4n) is 1.55. The van der Waals surface area contributed by atoms with Crippen LogP contribution in [-0.4, -0.2) is 5.97 Å². The molecule has 0 aliphatic heterocycles. The Morgan fingerprint density at radius 3 is 2.18 bits per heavy atom. The second kappa shape index (κ2) is 4.08. The summed E-state index contributed by atoms with van der Waals surface area (Å²) in [5.41, 5.74) is 0. The van der Waals surface area contributed by atoms with E-state index in [9.17, 15) is 18.0 Å². The van der Waals surface area contributed by atoms with Crippen molar-refractivity contribution in [2.75, 3.05) is 0 Å². The second-order valence-corrected chi connectivity index (χ2v) is 3.41. The van der Waals surface area contributed by atoms with Crippen molar-refractivity contribution in [1.82, 2.24) is 0 Å². The summed E-state index contributed by atoms with van der Waals surface area (Å²) in [4.78, 5) is 10.8. The van der Waals surface area contributed by atoms with Crippen LogP contribution in [0, 0.1) is 17.5 Å². The first kappa shape index (κ1) is 11.4. The summed E-state index contributed by atoms with van der Waals surface area (Å²) in [6.07, 6.45) is 0. The zero-order chi connectivity index (χ0) is 12.6. The molecule has 0 saturated carbocycles. The minimum absolute atomic E-state index is 0.0131. The standard InChI is InChI=1S/C12H7F3O2/c1-6(16)17-12-8-5-3-2-4-7(8)9(13)10(14)11(12)15/h2-5H,1H3. The predicted molar refractivity (Wildman–Crippen MR) is 55.1 cm³/mol. The molecular weight excluding hydrogens is 233 g/mol. The zero-order valence-electron chi connectivity index (χ0n) is 8.76. The number of carbonyl (C=O) groups is 1. The van der Waals surface area contributed by atoms with Crippen LogP contribution < -0.4 is 4.74 Å². The van der Waals surface area contributed by atoms with Gasteiger partial charge in [-0.15, -0.1) is 0 Å². The number of hydrogen-bond acceptors (Lipinski definition) is 2. The van der Waals surface area contributed by atoms with Crippen molar-refractivity contribution >= 4 is 16.7 Å². The van der Waals surface area contributed by atoms with E-state index in [0.717, 1.165) is 6.92 Å². The molecular formula is C12H7F3O2. The zero-order valence-corrected chi connectivity index (χ0v) is 8.76. The van der Waals surface area contributed by atoms with Gasteiger partial charge in [-0.05, 0) is 0 Å². The van der Waals surface area contributed by atoms with Crippen molar-refractivity contribution in [2.45, 2.75) is 6.92 Å². The molecule has 0 spiro atoms. The number of benzene rings is 2. The SMILES string of the molecule is CC(=O)Oc1c(F)c(F)c(F)c2ccccc12. The van der Waals surface area contributed by atoms with Crippen molar-refractivity contribution in [3.63, 3.8) is 0 Å².